The lowest BCUT2D eigenvalue weighted by Gasteiger charge is -2.15. The average molecular weight is 379 g/mol. The molecular formula is C20H18FN5S. The Hall–Kier alpha value is -2.80. The second-order valence-electron chi connectivity index (χ2n) is 6.91. The molecule has 1 saturated heterocycles. The third kappa shape index (κ3) is 2.98. The highest BCUT2D eigenvalue weighted by atomic mass is 32.1. The fourth-order valence-corrected chi connectivity index (χ4v) is 4.59. The first kappa shape index (κ1) is 16.4. The number of imidazole rings is 1. The minimum absolute atomic E-state index is 0.243. The second kappa shape index (κ2) is 6.42. The monoisotopic (exact) mass is 379 g/mol. The van der Waals surface area contributed by atoms with Crippen LogP contribution in [0.3, 0.4) is 0 Å². The minimum Gasteiger partial charge on any atom is -0.346 e. The summed E-state index contributed by atoms with van der Waals surface area (Å²) < 4.78 is 14.9. The highest BCUT2D eigenvalue weighted by Gasteiger charge is 2.27. The third-order valence-corrected chi connectivity index (χ3v) is 6.13. The van der Waals surface area contributed by atoms with Gasteiger partial charge in [0.2, 0.25) is 10.1 Å². The second-order valence-corrected chi connectivity index (χ2v) is 7.84. The van der Waals surface area contributed by atoms with Crippen LogP contribution in [0.1, 0.15) is 23.5 Å². The summed E-state index contributed by atoms with van der Waals surface area (Å²) in [5.41, 5.74) is 4.34. The zero-order valence-electron chi connectivity index (χ0n) is 14.8. The van der Waals surface area contributed by atoms with Crippen molar-refractivity contribution in [2.45, 2.75) is 19.3 Å². The lowest BCUT2D eigenvalue weighted by atomic mass is 9.96. The van der Waals surface area contributed by atoms with Gasteiger partial charge < -0.3 is 4.90 Å². The van der Waals surface area contributed by atoms with Gasteiger partial charge in [0.1, 0.15) is 5.82 Å². The SMILES string of the molecule is Cc1ccncc1C1CCN(c2nn3cc(-c4ccc(F)cc4)nc3s2)C1. The Morgan fingerprint density at radius 1 is 1.19 bits per heavy atom. The first-order valence-corrected chi connectivity index (χ1v) is 9.76. The van der Waals surface area contributed by atoms with Crippen LogP contribution in [-0.2, 0) is 0 Å². The van der Waals surface area contributed by atoms with E-state index in [0.717, 1.165) is 40.9 Å². The van der Waals surface area contributed by atoms with E-state index in [4.69, 9.17) is 5.10 Å². The molecule has 1 fully saturated rings. The van der Waals surface area contributed by atoms with Gasteiger partial charge in [0.15, 0.2) is 0 Å². The number of benzene rings is 1. The van der Waals surface area contributed by atoms with Crippen LogP contribution < -0.4 is 4.90 Å². The Kier molecular flexibility index (Phi) is 3.89. The first-order valence-electron chi connectivity index (χ1n) is 8.95. The van der Waals surface area contributed by atoms with E-state index >= 15 is 0 Å². The van der Waals surface area contributed by atoms with Crippen LogP contribution in [0.25, 0.3) is 16.2 Å². The molecule has 7 heteroatoms. The Bertz CT molecular complexity index is 1070. The molecule has 1 aromatic carbocycles. The van der Waals surface area contributed by atoms with Crippen LogP contribution in [-0.4, -0.2) is 32.7 Å². The maximum Gasteiger partial charge on any atom is 0.214 e. The van der Waals surface area contributed by atoms with Crippen LogP contribution in [0.15, 0.2) is 48.9 Å². The van der Waals surface area contributed by atoms with Gasteiger partial charge >= 0.3 is 0 Å². The summed E-state index contributed by atoms with van der Waals surface area (Å²) in [4.78, 5) is 12.1. The lowest BCUT2D eigenvalue weighted by molar-refractivity contribution is 0.628. The van der Waals surface area contributed by atoms with Gasteiger partial charge in [-0.2, -0.15) is 0 Å². The van der Waals surface area contributed by atoms with Gasteiger partial charge in [0.25, 0.3) is 0 Å². The molecule has 0 aliphatic carbocycles. The number of rotatable bonds is 3. The van der Waals surface area contributed by atoms with Crippen LogP contribution in [0.2, 0.25) is 0 Å². The number of nitrogens with zero attached hydrogens (tertiary/aromatic N) is 5. The smallest absolute Gasteiger partial charge is 0.214 e. The molecule has 0 amide bonds. The molecular weight excluding hydrogens is 361 g/mol. The molecule has 0 N–H and O–H groups in total. The number of fused-ring (bicyclic) bond motifs is 1. The van der Waals surface area contributed by atoms with Crippen molar-refractivity contribution in [1.82, 2.24) is 19.6 Å². The maximum absolute atomic E-state index is 13.1. The van der Waals surface area contributed by atoms with E-state index in [1.54, 1.807) is 23.5 Å². The number of pyridine rings is 1. The molecule has 136 valence electrons. The first-order chi connectivity index (χ1) is 13.2. The molecule has 0 saturated carbocycles. The molecule has 27 heavy (non-hydrogen) atoms. The fourth-order valence-electron chi connectivity index (χ4n) is 3.67. The number of anilines is 1. The predicted octanol–water partition coefficient (Wildman–Crippen LogP) is 4.29. The van der Waals surface area contributed by atoms with E-state index in [2.05, 4.69) is 27.9 Å². The average Bonchev–Trinajstić information content (AvgIpc) is 3.37. The highest BCUT2D eigenvalue weighted by Crippen LogP contribution is 2.34. The van der Waals surface area contributed by atoms with Gasteiger partial charge in [-0.05, 0) is 54.8 Å². The van der Waals surface area contributed by atoms with Crippen molar-refractivity contribution in [3.05, 3.63) is 65.9 Å². The lowest BCUT2D eigenvalue weighted by Crippen LogP contribution is -2.19. The standard InChI is InChI=1S/C20H18FN5S/c1-13-6-8-22-10-17(13)15-7-9-25(11-15)20-24-26-12-18(23-19(26)27-20)14-2-4-16(21)5-3-14/h2-6,8,10,12,15H,7,9,11H2,1H3. The topological polar surface area (TPSA) is 46.3 Å². The van der Waals surface area contributed by atoms with Crippen molar-refractivity contribution in [2.75, 3.05) is 18.0 Å². The summed E-state index contributed by atoms with van der Waals surface area (Å²) in [5, 5.41) is 5.71. The molecule has 4 heterocycles. The van der Waals surface area contributed by atoms with E-state index in [0.29, 0.717) is 5.92 Å². The molecule has 0 spiro atoms. The fraction of sp³-hybridized carbons (Fsp3) is 0.250. The normalized spacial score (nSPS) is 17.1. The molecule has 0 bridgehead atoms. The van der Waals surface area contributed by atoms with Crippen LogP contribution >= 0.6 is 11.3 Å². The van der Waals surface area contributed by atoms with E-state index in [-0.39, 0.29) is 5.82 Å². The van der Waals surface area contributed by atoms with E-state index in [9.17, 15) is 4.39 Å². The van der Waals surface area contributed by atoms with Crippen LogP contribution in [0, 0.1) is 12.7 Å². The number of halogens is 1. The van der Waals surface area contributed by atoms with Crippen molar-refractivity contribution >= 4 is 21.4 Å². The van der Waals surface area contributed by atoms with Gasteiger partial charge in [-0.15, -0.1) is 5.10 Å². The minimum atomic E-state index is -0.243. The van der Waals surface area contributed by atoms with Crippen molar-refractivity contribution in [2.24, 2.45) is 0 Å². The summed E-state index contributed by atoms with van der Waals surface area (Å²) in [6, 6.07) is 8.46. The summed E-state index contributed by atoms with van der Waals surface area (Å²) >= 11 is 1.59. The summed E-state index contributed by atoms with van der Waals surface area (Å²) in [7, 11) is 0. The van der Waals surface area contributed by atoms with Gasteiger partial charge in [-0.1, -0.05) is 11.3 Å². The quantitative estimate of drug-likeness (QED) is 0.533. The largest absolute Gasteiger partial charge is 0.346 e. The van der Waals surface area contributed by atoms with E-state index in [1.165, 1.54) is 23.3 Å². The maximum atomic E-state index is 13.1. The molecule has 1 unspecified atom stereocenters. The zero-order chi connectivity index (χ0) is 18.4. The van der Waals surface area contributed by atoms with E-state index < -0.39 is 0 Å². The van der Waals surface area contributed by atoms with Gasteiger partial charge in [0.05, 0.1) is 11.9 Å². The molecule has 0 radical (unpaired) electrons. The van der Waals surface area contributed by atoms with Gasteiger partial charge in [-0.25, -0.2) is 13.9 Å². The molecule has 5 nitrogen and oxygen atoms in total. The zero-order valence-corrected chi connectivity index (χ0v) is 15.7. The summed E-state index contributed by atoms with van der Waals surface area (Å²) in [6.45, 7) is 4.09. The molecule has 5 rings (SSSR count). The third-order valence-electron chi connectivity index (χ3n) is 5.15. The van der Waals surface area contributed by atoms with E-state index in [1.807, 2.05) is 23.1 Å². The highest BCUT2D eigenvalue weighted by molar-refractivity contribution is 7.20. The number of aromatic nitrogens is 4. The number of hydrogen-bond donors (Lipinski definition) is 0. The molecule has 1 atom stereocenters. The van der Waals surface area contributed by atoms with Crippen molar-refractivity contribution in [3.8, 4) is 11.3 Å². The molecule has 3 aromatic heterocycles. The molecule has 1 aliphatic heterocycles. The molecule has 4 aromatic rings. The Morgan fingerprint density at radius 3 is 2.81 bits per heavy atom. The Morgan fingerprint density at radius 2 is 2.04 bits per heavy atom. The van der Waals surface area contributed by atoms with Crippen molar-refractivity contribution in [3.63, 3.8) is 0 Å². The predicted molar refractivity (Wildman–Crippen MR) is 105 cm³/mol. The summed E-state index contributed by atoms with van der Waals surface area (Å²) in [6.07, 6.45) is 6.85. The molecule has 1 aliphatic rings. The van der Waals surface area contributed by atoms with Crippen LogP contribution in [0.4, 0.5) is 9.52 Å². The van der Waals surface area contributed by atoms with Crippen molar-refractivity contribution in [1.29, 1.82) is 0 Å². The van der Waals surface area contributed by atoms with Crippen LogP contribution in [0.5, 0.6) is 0 Å². The van der Waals surface area contributed by atoms with Gasteiger partial charge in [0, 0.05) is 37.0 Å². The summed E-state index contributed by atoms with van der Waals surface area (Å²) in [5.74, 6) is 0.248. The van der Waals surface area contributed by atoms with Crippen molar-refractivity contribution < 1.29 is 4.39 Å². The number of aryl methyl sites for hydroxylation is 1. The van der Waals surface area contributed by atoms with Gasteiger partial charge in [-0.3, -0.25) is 4.98 Å². The Balaban J connectivity index is 1.38. The number of hydrogen-bond acceptors (Lipinski definition) is 5. The Labute approximate surface area is 160 Å².